The normalized spacial score (nSPS) is 18.2. The summed E-state index contributed by atoms with van der Waals surface area (Å²) in [5.41, 5.74) is 11.1. The van der Waals surface area contributed by atoms with E-state index in [2.05, 4.69) is 0 Å². The Hall–Kier alpha value is -0.910. The topological polar surface area (TPSA) is 70.5 Å². The van der Waals surface area contributed by atoms with Gasteiger partial charge in [0, 0.05) is 4.90 Å². The molecule has 0 saturated heterocycles. The minimum atomic E-state index is -0.485. The Bertz CT molecular complexity index is 415. The number of benzene rings is 1. The molecule has 1 aliphatic rings. The zero-order valence-electron chi connectivity index (χ0n) is 10.8. The summed E-state index contributed by atoms with van der Waals surface area (Å²) < 4.78 is 11.1. The van der Waals surface area contributed by atoms with Gasteiger partial charge in [0.15, 0.2) is 11.5 Å². The Morgan fingerprint density at radius 2 is 2.06 bits per heavy atom. The first-order chi connectivity index (χ1) is 8.54. The fourth-order valence-electron chi connectivity index (χ4n) is 2.23. The van der Waals surface area contributed by atoms with Crippen LogP contribution in [0.3, 0.4) is 0 Å². The van der Waals surface area contributed by atoms with Crippen LogP contribution in [-0.4, -0.2) is 25.6 Å². The van der Waals surface area contributed by atoms with E-state index < -0.39 is 5.66 Å². The van der Waals surface area contributed by atoms with Crippen LogP contribution in [0.2, 0.25) is 0 Å². The summed E-state index contributed by atoms with van der Waals surface area (Å²) in [6.45, 7) is 0.644. The molecule has 4 N–H and O–H groups in total. The van der Waals surface area contributed by atoms with Crippen molar-refractivity contribution >= 4 is 11.8 Å². The lowest BCUT2D eigenvalue weighted by Crippen LogP contribution is -2.60. The molecule has 2 rings (SSSR count). The SMILES string of the molecule is COc1cc(SC)ccc1OCC1CC(N)(N)C1. The van der Waals surface area contributed by atoms with Gasteiger partial charge in [0.2, 0.25) is 0 Å². The van der Waals surface area contributed by atoms with E-state index in [1.807, 2.05) is 24.5 Å². The number of methoxy groups -OCH3 is 1. The van der Waals surface area contributed by atoms with Gasteiger partial charge < -0.3 is 20.9 Å². The molecule has 0 unspecified atom stereocenters. The summed E-state index contributed by atoms with van der Waals surface area (Å²) in [6, 6.07) is 5.96. The highest BCUT2D eigenvalue weighted by Crippen LogP contribution is 2.35. The maximum Gasteiger partial charge on any atom is 0.161 e. The van der Waals surface area contributed by atoms with Gasteiger partial charge in [-0.1, -0.05) is 0 Å². The van der Waals surface area contributed by atoms with Gasteiger partial charge in [-0.15, -0.1) is 11.8 Å². The molecule has 1 saturated carbocycles. The van der Waals surface area contributed by atoms with Gasteiger partial charge >= 0.3 is 0 Å². The van der Waals surface area contributed by atoms with Gasteiger partial charge in [0.25, 0.3) is 0 Å². The van der Waals surface area contributed by atoms with Crippen LogP contribution >= 0.6 is 11.8 Å². The Labute approximate surface area is 112 Å². The lowest BCUT2D eigenvalue weighted by Gasteiger charge is -2.41. The summed E-state index contributed by atoms with van der Waals surface area (Å²) in [6.07, 6.45) is 3.67. The molecule has 1 fully saturated rings. The second-order valence-corrected chi connectivity index (χ2v) is 5.71. The summed E-state index contributed by atoms with van der Waals surface area (Å²) in [5, 5.41) is 0. The molecule has 1 aliphatic carbocycles. The smallest absolute Gasteiger partial charge is 0.161 e. The molecule has 0 heterocycles. The molecule has 100 valence electrons. The van der Waals surface area contributed by atoms with Crippen molar-refractivity contribution in [2.45, 2.75) is 23.4 Å². The fourth-order valence-corrected chi connectivity index (χ4v) is 2.66. The van der Waals surface area contributed by atoms with Gasteiger partial charge in [0.05, 0.1) is 19.4 Å². The molecular weight excluding hydrogens is 248 g/mol. The van der Waals surface area contributed by atoms with Crippen molar-refractivity contribution in [2.75, 3.05) is 20.0 Å². The average Bonchev–Trinajstić information content (AvgIpc) is 2.33. The minimum Gasteiger partial charge on any atom is -0.493 e. The molecule has 0 bridgehead atoms. The zero-order chi connectivity index (χ0) is 13.2. The first-order valence-electron chi connectivity index (χ1n) is 5.96. The third kappa shape index (κ3) is 3.10. The molecular formula is C13H20N2O2S. The Balaban J connectivity index is 1.93. The number of hydrogen-bond donors (Lipinski definition) is 2. The first-order valence-corrected chi connectivity index (χ1v) is 7.19. The minimum absolute atomic E-state index is 0.449. The Kier molecular flexibility index (Phi) is 4.04. The van der Waals surface area contributed by atoms with Crippen LogP contribution in [0, 0.1) is 5.92 Å². The van der Waals surface area contributed by atoms with E-state index >= 15 is 0 Å². The van der Waals surface area contributed by atoms with Crippen molar-refractivity contribution in [2.24, 2.45) is 17.4 Å². The van der Waals surface area contributed by atoms with Crippen LogP contribution in [0.4, 0.5) is 0 Å². The van der Waals surface area contributed by atoms with Crippen LogP contribution in [0.1, 0.15) is 12.8 Å². The second-order valence-electron chi connectivity index (χ2n) is 4.84. The fraction of sp³-hybridized carbons (Fsp3) is 0.538. The monoisotopic (exact) mass is 268 g/mol. The predicted octanol–water partition coefficient (Wildman–Crippen LogP) is 1.82. The highest BCUT2D eigenvalue weighted by Gasteiger charge is 2.37. The maximum atomic E-state index is 5.78. The molecule has 18 heavy (non-hydrogen) atoms. The molecule has 4 nitrogen and oxygen atoms in total. The lowest BCUT2D eigenvalue weighted by atomic mass is 9.76. The van der Waals surface area contributed by atoms with E-state index in [0.717, 1.165) is 29.2 Å². The number of ether oxygens (including phenoxy) is 2. The van der Waals surface area contributed by atoms with Crippen LogP contribution in [0.15, 0.2) is 23.1 Å². The molecule has 5 heteroatoms. The molecule has 0 amide bonds. The van der Waals surface area contributed by atoms with E-state index in [0.29, 0.717) is 12.5 Å². The Morgan fingerprint density at radius 3 is 2.61 bits per heavy atom. The molecule has 0 spiro atoms. The van der Waals surface area contributed by atoms with Crippen molar-refractivity contribution in [3.05, 3.63) is 18.2 Å². The Morgan fingerprint density at radius 1 is 1.33 bits per heavy atom. The average molecular weight is 268 g/mol. The van der Waals surface area contributed by atoms with Crippen molar-refractivity contribution in [3.8, 4) is 11.5 Å². The highest BCUT2D eigenvalue weighted by molar-refractivity contribution is 7.98. The molecule has 0 atom stereocenters. The molecule has 0 radical (unpaired) electrons. The van der Waals surface area contributed by atoms with Crippen molar-refractivity contribution in [1.82, 2.24) is 0 Å². The predicted molar refractivity (Wildman–Crippen MR) is 74.1 cm³/mol. The summed E-state index contributed by atoms with van der Waals surface area (Å²) in [4.78, 5) is 1.16. The van der Waals surface area contributed by atoms with Gasteiger partial charge in [-0.3, -0.25) is 0 Å². The van der Waals surface area contributed by atoms with Gasteiger partial charge in [-0.2, -0.15) is 0 Å². The van der Waals surface area contributed by atoms with Crippen molar-refractivity contribution in [1.29, 1.82) is 0 Å². The second kappa shape index (κ2) is 5.38. The number of rotatable bonds is 5. The van der Waals surface area contributed by atoms with Gasteiger partial charge in [0.1, 0.15) is 0 Å². The van der Waals surface area contributed by atoms with Crippen LogP contribution in [0.5, 0.6) is 11.5 Å². The summed E-state index contributed by atoms with van der Waals surface area (Å²) in [5.74, 6) is 2.00. The van der Waals surface area contributed by atoms with E-state index in [-0.39, 0.29) is 0 Å². The molecule has 0 aliphatic heterocycles. The van der Waals surface area contributed by atoms with Crippen LogP contribution in [0.25, 0.3) is 0 Å². The zero-order valence-corrected chi connectivity index (χ0v) is 11.6. The number of hydrogen-bond acceptors (Lipinski definition) is 5. The van der Waals surface area contributed by atoms with Crippen molar-refractivity contribution < 1.29 is 9.47 Å². The lowest BCUT2D eigenvalue weighted by molar-refractivity contribution is 0.0955. The molecule has 0 aromatic heterocycles. The maximum absolute atomic E-state index is 5.78. The summed E-state index contributed by atoms with van der Waals surface area (Å²) >= 11 is 1.68. The van der Waals surface area contributed by atoms with Gasteiger partial charge in [-0.25, -0.2) is 0 Å². The standard InChI is InChI=1S/C13H20N2O2S/c1-16-12-5-10(18-2)3-4-11(12)17-8-9-6-13(14,15)7-9/h3-5,9H,6-8,14-15H2,1-2H3. The van der Waals surface area contributed by atoms with E-state index in [4.69, 9.17) is 20.9 Å². The molecule has 1 aromatic rings. The number of thioether (sulfide) groups is 1. The molecule has 1 aromatic carbocycles. The third-order valence-electron chi connectivity index (χ3n) is 3.18. The van der Waals surface area contributed by atoms with Crippen molar-refractivity contribution in [3.63, 3.8) is 0 Å². The first kappa shape index (κ1) is 13.5. The van der Waals surface area contributed by atoms with E-state index in [1.54, 1.807) is 18.9 Å². The quantitative estimate of drug-likeness (QED) is 0.629. The van der Waals surface area contributed by atoms with Gasteiger partial charge in [-0.05, 0) is 43.2 Å². The van der Waals surface area contributed by atoms with Crippen LogP contribution in [-0.2, 0) is 0 Å². The largest absolute Gasteiger partial charge is 0.493 e. The highest BCUT2D eigenvalue weighted by atomic mass is 32.2. The summed E-state index contributed by atoms with van der Waals surface area (Å²) in [7, 11) is 1.65. The third-order valence-corrected chi connectivity index (χ3v) is 3.91. The van der Waals surface area contributed by atoms with E-state index in [9.17, 15) is 0 Å². The number of nitrogens with two attached hydrogens (primary N) is 2. The van der Waals surface area contributed by atoms with E-state index in [1.165, 1.54) is 0 Å². The van der Waals surface area contributed by atoms with Crippen LogP contribution < -0.4 is 20.9 Å².